The molecule has 0 bridgehead atoms. The van der Waals surface area contributed by atoms with E-state index in [2.05, 4.69) is 15.4 Å². The van der Waals surface area contributed by atoms with Crippen molar-refractivity contribution in [2.45, 2.75) is 69.2 Å². The van der Waals surface area contributed by atoms with Gasteiger partial charge in [0.05, 0.1) is 30.1 Å². The van der Waals surface area contributed by atoms with E-state index in [1.807, 2.05) is 4.90 Å². The Bertz CT molecular complexity index is 1330. The van der Waals surface area contributed by atoms with Crippen molar-refractivity contribution in [1.82, 2.24) is 20.1 Å². The fraction of sp³-hybridized carbons (Fsp3) is 0.600. The molecule has 0 spiro atoms. The molecular formula is C25H28F6N6O4. The number of aromatic amines is 1. The van der Waals surface area contributed by atoms with Crippen molar-refractivity contribution < 1.29 is 40.6 Å². The number of H-pyrrole nitrogens is 1. The predicted molar refractivity (Wildman–Crippen MR) is 133 cm³/mol. The number of hydrogen-bond donors (Lipinski definition) is 2. The monoisotopic (exact) mass is 590 g/mol. The van der Waals surface area contributed by atoms with Gasteiger partial charge >= 0.3 is 12.4 Å². The van der Waals surface area contributed by atoms with Crippen LogP contribution < -0.4 is 20.5 Å². The number of likely N-dealkylation sites (tertiary alicyclic amines) is 1. The third kappa shape index (κ3) is 6.06. The molecule has 16 heteroatoms. The van der Waals surface area contributed by atoms with Gasteiger partial charge in [0.15, 0.2) is 11.6 Å². The number of carbonyl (C=O) groups is 1. The van der Waals surface area contributed by atoms with E-state index in [9.17, 15) is 35.9 Å². The lowest BCUT2D eigenvalue weighted by Gasteiger charge is -2.47. The number of halogens is 6. The summed E-state index contributed by atoms with van der Waals surface area (Å²) in [5.74, 6) is 0.212. The van der Waals surface area contributed by atoms with E-state index >= 15 is 0 Å². The Morgan fingerprint density at radius 3 is 2.61 bits per heavy atom. The van der Waals surface area contributed by atoms with Crippen molar-refractivity contribution in [3.8, 4) is 5.75 Å². The summed E-state index contributed by atoms with van der Waals surface area (Å²) < 4.78 is 90.6. The van der Waals surface area contributed by atoms with Crippen molar-refractivity contribution in [3.63, 3.8) is 0 Å². The first-order chi connectivity index (χ1) is 19.3. The van der Waals surface area contributed by atoms with Gasteiger partial charge in [-0.25, -0.2) is 10.1 Å². The number of carbonyl (C=O) groups excluding carboxylic acids is 1. The minimum atomic E-state index is -4.89. The highest BCUT2D eigenvalue weighted by molar-refractivity contribution is 5.82. The average molecular weight is 591 g/mol. The van der Waals surface area contributed by atoms with Gasteiger partial charge in [-0.3, -0.25) is 9.59 Å². The van der Waals surface area contributed by atoms with E-state index in [1.54, 1.807) is 16.9 Å². The molecule has 0 radical (unpaired) electrons. The normalized spacial score (nSPS) is 23.9. The number of amides is 1. The number of nitrogens with one attached hydrogen (secondary N) is 2. The van der Waals surface area contributed by atoms with Crippen LogP contribution in [0.4, 0.5) is 37.8 Å². The molecule has 3 aliphatic rings. The lowest BCUT2D eigenvalue weighted by atomic mass is 9.92. The zero-order valence-electron chi connectivity index (χ0n) is 21.9. The van der Waals surface area contributed by atoms with Crippen LogP contribution in [0.3, 0.4) is 0 Å². The summed E-state index contributed by atoms with van der Waals surface area (Å²) in [5.41, 5.74) is -4.13. The van der Waals surface area contributed by atoms with Gasteiger partial charge in [-0.1, -0.05) is 0 Å². The Kier molecular flexibility index (Phi) is 7.78. The van der Waals surface area contributed by atoms with Gasteiger partial charge < -0.3 is 24.6 Å². The summed E-state index contributed by atoms with van der Waals surface area (Å²) >= 11 is 0. The minimum Gasteiger partial charge on any atom is -0.488 e. The maximum atomic E-state index is 13.3. The number of ether oxygens (including phenoxy) is 2. The van der Waals surface area contributed by atoms with Crippen molar-refractivity contribution in [2.75, 3.05) is 36.5 Å². The number of hydrogen-bond acceptors (Lipinski definition) is 8. The first-order valence-electron chi connectivity index (χ1n) is 13.1. The molecule has 2 N–H and O–H groups in total. The smallest absolute Gasteiger partial charge is 0.423 e. The molecular weight excluding hydrogens is 562 g/mol. The summed E-state index contributed by atoms with van der Waals surface area (Å²) in [6.45, 7) is 2.63. The predicted octanol–water partition coefficient (Wildman–Crippen LogP) is 3.44. The number of fused-ring (bicyclic) bond motifs is 3. The zero-order chi connectivity index (χ0) is 29.5. The first kappa shape index (κ1) is 29.0. The molecule has 2 saturated heterocycles. The lowest BCUT2D eigenvalue weighted by Crippen LogP contribution is -2.58. The van der Waals surface area contributed by atoms with Crippen molar-refractivity contribution in [1.29, 1.82) is 0 Å². The molecule has 2 aromatic rings. The second-order valence-electron chi connectivity index (χ2n) is 10.4. The minimum absolute atomic E-state index is 0.0815. The Balaban J connectivity index is 1.18. The van der Waals surface area contributed by atoms with Gasteiger partial charge in [-0.05, 0) is 38.7 Å². The standard InChI is InChI=1S/C25H28F6N6O4/c1-13(34-17-10-33-35-22(38)20(17)25(29,30)31)11-40-18-3-2-5-37(23(18)39)15-4-6-36-16(8-15)12-41-19-7-14(24(26,27)28)9-32-21(19)36/h7,9-10,13,15-16,18H,2-6,8,11-12H2,1H3,(H2,34,35,38). The third-order valence-corrected chi connectivity index (χ3v) is 7.51. The van der Waals surface area contributed by atoms with E-state index in [-0.39, 0.29) is 37.0 Å². The van der Waals surface area contributed by atoms with Crippen LogP contribution in [-0.2, 0) is 21.9 Å². The average Bonchev–Trinajstić information content (AvgIpc) is 2.90. The second kappa shape index (κ2) is 11.0. The molecule has 0 saturated carbocycles. The zero-order valence-corrected chi connectivity index (χ0v) is 21.9. The van der Waals surface area contributed by atoms with Crippen LogP contribution in [0, 0.1) is 0 Å². The summed E-state index contributed by atoms with van der Waals surface area (Å²) in [7, 11) is 0. The van der Waals surface area contributed by atoms with Gasteiger partial charge in [-0.15, -0.1) is 0 Å². The van der Waals surface area contributed by atoms with Crippen LogP contribution in [0.1, 0.15) is 43.7 Å². The topological polar surface area (TPSA) is 113 Å². The number of aromatic nitrogens is 3. The number of anilines is 2. The van der Waals surface area contributed by atoms with E-state index in [0.29, 0.717) is 44.6 Å². The highest BCUT2D eigenvalue weighted by Gasteiger charge is 2.42. The highest BCUT2D eigenvalue weighted by atomic mass is 19.4. The van der Waals surface area contributed by atoms with Gasteiger partial charge in [0.2, 0.25) is 0 Å². The molecule has 2 fully saturated rings. The molecule has 3 aliphatic heterocycles. The molecule has 2 aromatic heterocycles. The van der Waals surface area contributed by atoms with Crippen molar-refractivity contribution in [2.24, 2.45) is 0 Å². The Morgan fingerprint density at radius 1 is 1.10 bits per heavy atom. The second-order valence-corrected chi connectivity index (χ2v) is 10.4. The third-order valence-electron chi connectivity index (χ3n) is 7.51. The molecule has 5 rings (SSSR count). The summed E-state index contributed by atoms with van der Waals surface area (Å²) in [4.78, 5) is 32.7. The maximum Gasteiger partial charge on any atom is 0.423 e. The molecule has 0 aliphatic carbocycles. The quantitative estimate of drug-likeness (QED) is 0.493. The van der Waals surface area contributed by atoms with Gasteiger partial charge in [0, 0.05) is 31.4 Å². The lowest BCUT2D eigenvalue weighted by molar-refractivity contribution is -0.151. The molecule has 4 atom stereocenters. The van der Waals surface area contributed by atoms with Crippen molar-refractivity contribution in [3.05, 3.63) is 39.9 Å². The summed E-state index contributed by atoms with van der Waals surface area (Å²) in [6.07, 6.45) is -6.30. The van der Waals surface area contributed by atoms with E-state index in [1.165, 1.54) is 0 Å². The number of rotatable bonds is 6. The van der Waals surface area contributed by atoms with Gasteiger partial charge in [0.25, 0.3) is 11.5 Å². The number of piperidine rings is 2. The van der Waals surface area contributed by atoms with Gasteiger partial charge in [-0.2, -0.15) is 31.4 Å². The van der Waals surface area contributed by atoms with Crippen LogP contribution in [0.2, 0.25) is 0 Å². The van der Waals surface area contributed by atoms with Crippen LogP contribution in [0.5, 0.6) is 5.75 Å². The Labute approximate surface area is 230 Å². The van der Waals surface area contributed by atoms with Crippen LogP contribution >= 0.6 is 0 Å². The molecule has 5 heterocycles. The molecule has 4 unspecified atom stereocenters. The van der Waals surface area contributed by atoms with Crippen LogP contribution in [-0.4, -0.2) is 76.5 Å². The molecule has 0 aromatic carbocycles. The van der Waals surface area contributed by atoms with Crippen molar-refractivity contribution >= 4 is 17.4 Å². The number of pyridine rings is 1. The summed E-state index contributed by atoms with van der Waals surface area (Å²) in [5, 5.41) is 7.80. The fourth-order valence-corrected chi connectivity index (χ4v) is 5.59. The SMILES string of the molecule is CC(COC1CCCN(C2CCN3c4ncc(C(F)(F)F)cc4OCC3C2)C1=O)Nc1cn[nH]c(=O)c1C(F)(F)F. The van der Waals surface area contributed by atoms with E-state index < -0.39 is 46.9 Å². The number of alkyl halides is 6. The molecule has 224 valence electrons. The van der Waals surface area contributed by atoms with Crippen LogP contribution in [0.15, 0.2) is 23.3 Å². The van der Waals surface area contributed by atoms with Gasteiger partial charge in [0.1, 0.15) is 18.3 Å². The molecule has 41 heavy (non-hydrogen) atoms. The maximum absolute atomic E-state index is 13.3. The Morgan fingerprint density at radius 2 is 1.88 bits per heavy atom. The van der Waals surface area contributed by atoms with E-state index in [4.69, 9.17) is 9.47 Å². The first-order valence-corrected chi connectivity index (χ1v) is 13.1. The summed E-state index contributed by atoms with van der Waals surface area (Å²) in [6, 6.07) is -0.0284. The van der Waals surface area contributed by atoms with Crippen LogP contribution in [0.25, 0.3) is 0 Å². The number of nitrogens with zero attached hydrogens (tertiary/aromatic N) is 4. The Hall–Kier alpha value is -3.56. The molecule has 10 nitrogen and oxygen atoms in total. The highest BCUT2D eigenvalue weighted by Crippen LogP contribution is 2.40. The molecule has 1 amide bonds. The fourth-order valence-electron chi connectivity index (χ4n) is 5.59. The van der Waals surface area contributed by atoms with E-state index in [0.717, 1.165) is 18.5 Å². The largest absolute Gasteiger partial charge is 0.488 e.